The van der Waals surface area contributed by atoms with Crippen molar-refractivity contribution < 1.29 is 9.84 Å². The van der Waals surface area contributed by atoms with Crippen LogP contribution in [0.4, 0.5) is 11.9 Å². The van der Waals surface area contributed by atoms with Crippen LogP contribution in [-0.2, 0) is 0 Å². The number of aliphatic hydroxyl groups is 1. The Morgan fingerprint density at radius 1 is 1.44 bits per heavy atom. The van der Waals surface area contributed by atoms with Crippen molar-refractivity contribution in [1.29, 1.82) is 0 Å². The number of hydrogen-bond acceptors (Lipinski definition) is 7. The van der Waals surface area contributed by atoms with E-state index in [9.17, 15) is 0 Å². The molecule has 0 spiro atoms. The maximum absolute atomic E-state index is 9.07. The molecule has 7 heteroatoms. The molecule has 0 saturated heterocycles. The molecule has 1 rings (SSSR count). The summed E-state index contributed by atoms with van der Waals surface area (Å²) in [6.45, 7) is 2.42. The fourth-order valence-electron chi connectivity index (χ4n) is 1.14. The summed E-state index contributed by atoms with van der Waals surface area (Å²) in [4.78, 5) is 11.6. The molecule has 0 bridgehead atoms. The second-order valence-corrected chi connectivity index (χ2v) is 3.42. The number of ether oxygens (including phenoxy) is 1. The predicted molar refractivity (Wildman–Crippen MR) is 60.2 cm³/mol. The first-order valence-corrected chi connectivity index (χ1v) is 5.09. The minimum atomic E-state index is -0.292. The van der Waals surface area contributed by atoms with Crippen LogP contribution in [0.3, 0.4) is 0 Å². The largest absolute Gasteiger partial charge is 0.467 e. The molecule has 0 saturated carbocycles. The van der Waals surface area contributed by atoms with Gasteiger partial charge in [-0.2, -0.15) is 15.0 Å². The number of nitrogen functional groups attached to an aromatic ring is 1. The first-order chi connectivity index (χ1) is 7.61. The lowest BCUT2D eigenvalue weighted by molar-refractivity contribution is 0.183. The monoisotopic (exact) mass is 227 g/mol. The number of nitrogens with two attached hydrogens (primary N) is 1. The second kappa shape index (κ2) is 6.06. The Hall–Kier alpha value is -1.63. The Balaban J connectivity index is 2.44. The Morgan fingerprint density at radius 3 is 2.81 bits per heavy atom. The van der Waals surface area contributed by atoms with Crippen LogP contribution in [0.1, 0.15) is 19.8 Å². The van der Waals surface area contributed by atoms with E-state index in [-0.39, 0.29) is 18.1 Å². The number of hydrogen-bond donors (Lipinski definition) is 3. The van der Waals surface area contributed by atoms with Crippen molar-refractivity contribution in [3.63, 3.8) is 0 Å². The van der Waals surface area contributed by atoms with Crippen molar-refractivity contribution in [2.24, 2.45) is 0 Å². The molecular formula is C9H17N5O2. The number of methoxy groups -OCH3 is 1. The average Bonchev–Trinajstić information content (AvgIpc) is 2.23. The molecule has 1 atom stereocenters. The Labute approximate surface area is 94.1 Å². The van der Waals surface area contributed by atoms with E-state index < -0.39 is 0 Å². The van der Waals surface area contributed by atoms with Gasteiger partial charge in [-0.15, -0.1) is 0 Å². The van der Waals surface area contributed by atoms with Crippen LogP contribution in [0.2, 0.25) is 0 Å². The minimum absolute atomic E-state index is 0.116. The predicted octanol–water partition coefficient (Wildman–Crippen LogP) is 0.0353. The van der Waals surface area contributed by atoms with Crippen LogP contribution >= 0.6 is 0 Å². The van der Waals surface area contributed by atoms with Crippen molar-refractivity contribution >= 4 is 11.9 Å². The van der Waals surface area contributed by atoms with Gasteiger partial charge in [-0.1, -0.05) is 0 Å². The summed E-state index contributed by atoms with van der Waals surface area (Å²) in [5.74, 6) is 0.500. The molecule has 16 heavy (non-hydrogen) atoms. The quantitative estimate of drug-likeness (QED) is 0.589. The number of nitrogens with zero attached hydrogens (tertiary/aromatic N) is 3. The molecule has 1 aromatic heterocycles. The normalized spacial score (nSPS) is 12.2. The van der Waals surface area contributed by atoms with Gasteiger partial charge in [0.05, 0.1) is 13.2 Å². The summed E-state index contributed by atoms with van der Waals surface area (Å²) in [5, 5.41) is 12.0. The van der Waals surface area contributed by atoms with Gasteiger partial charge in [-0.25, -0.2) is 0 Å². The molecule has 4 N–H and O–H groups in total. The van der Waals surface area contributed by atoms with Gasteiger partial charge in [0.2, 0.25) is 11.9 Å². The molecule has 90 valence electrons. The van der Waals surface area contributed by atoms with Crippen molar-refractivity contribution in [3.05, 3.63) is 0 Å². The first kappa shape index (κ1) is 12.4. The third kappa shape index (κ3) is 4.26. The number of rotatable bonds is 6. The van der Waals surface area contributed by atoms with E-state index in [2.05, 4.69) is 20.3 Å². The van der Waals surface area contributed by atoms with Crippen LogP contribution < -0.4 is 15.8 Å². The van der Waals surface area contributed by atoms with Gasteiger partial charge in [0.15, 0.2) is 0 Å². The van der Waals surface area contributed by atoms with Crippen LogP contribution in [0.5, 0.6) is 6.01 Å². The topological polar surface area (TPSA) is 106 Å². The average molecular weight is 227 g/mol. The molecule has 0 aliphatic rings. The molecule has 1 heterocycles. The van der Waals surface area contributed by atoms with Gasteiger partial charge in [-0.3, -0.25) is 0 Å². The van der Waals surface area contributed by atoms with Gasteiger partial charge in [0.25, 0.3) is 0 Å². The summed E-state index contributed by atoms with van der Waals surface area (Å²) in [6.07, 6.45) is 1.26. The zero-order valence-corrected chi connectivity index (χ0v) is 9.47. The fraction of sp³-hybridized carbons (Fsp3) is 0.667. The highest BCUT2D eigenvalue weighted by Crippen LogP contribution is 2.08. The molecule has 0 radical (unpaired) electrons. The summed E-state index contributed by atoms with van der Waals surface area (Å²) in [6, 6.07) is 0.186. The Bertz CT molecular complexity index is 332. The maximum Gasteiger partial charge on any atom is 0.322 e. The molecule has 1 aromatic rings. The molecule has 0 aliphatic heterocycles. The highest BCUT2D eigenvalue weighted by atomic mass is 16.5. The van der Waals surface area contributed by atoms with E-state index in [0.717, 1.165) is 12.8 Å². The third-order valence-electron chi connectivity index (χ3n) is 1.90. The number of aliphatic hydroxyl groups excluding tert-OH is 1. The maximum atomic E-state index is 9.07. The Kier molecular flexibility index (Phi) is 4.71. The van der Waals surface area contributed by atoms with Gasteiger partial charge < -0.3 is 20.9 Å². The van der Waals surface area contributed by atoms with Gasteiger partial charge in [0, 0.05) is 6.54 Å². The van der Waals surface area contributed by atoms with E-state index in [0.29, 0.717) is 12.5 Å². The molecule has 0 aliphatic carbocycles. The van der Waals surface area contributed by atoms with Gasteiger partial charge in [-0.05, 0) is 19.8 Å². The van der Waals surface area contributed by atoms with Crippen LogP contribution in [0.15, 0.2) is 0 Å². The zero-order chi connectivity index (χ0) is 12.0. The van der Waals surface area contributed by atoms with E-state index in [1.54, 1.807) is 6.92 Å². The van der Waals surface area contributed by atoms with Crippen molar-refractivity contribution in [2.45, 2.75) is 25.9 Å². The van der Waals surface area contributed by atoms with E-state index in [1.165, 1.54) is 7.11 Å². The van der Waals surface area contributed by atoms with E-state index in [4.69, 9.17) is 15.6 Å². The van der Waals surface area contributed by atoms with Crippen molar-refractivity contribution in [2.75, 3.05) is 24.7 Å². The summed E-state index contributed by atoms with van der Waals surface area (Å²) in [7, 11) is 1.46. The molecule has 0 amide bonds. The fourth-order valence-corrected chi connectivity index (χ4v) is 1.14. The highest BCUT2D eigenvalue weighted by Gasteiger charge is 2.03. The first-order valence-electron chi connectivity index (χ1n) is 5.09. The number of aromatic nitrogens is 3. The lowest BCUT2D eigenvalue weighted by Crippen LogP contribution is -2.11. The lowest BCUT2D eigenvalue weighted by Gasteiger charge is -2.07. The van der Waals surface area contributed by atoms with Crippen LogP contribution in [0, 0.1) is 0 Å². The third-order valence-corrected chi connectivity index (χ3v) is 1.90. The lowest BCUT2D eigenvalue weighted by atomic mass is 10.2. The standard InChI is InChI=1S/C9H17N5O2/c1-6(15)4-3-5-11-8-12-7(10)13-9(14-8)16-2/h6,15H,3-5H2,1-2H3,(H3,10,11,12,13,14). The van der Waals surface area contributed by atoms with E-state index >= 15 is 0 Å². The number of nitrogens with one attached hydrogen (secondary N) is 1. The van der Waals surface area contributed by atoms with Crippen molar-refractivity contribution in [3.8, 4) is 6.01 Å². The van der Waals surface area contributed by atoms with Crippen molar-refractivity contribution in [1.82, 2.24) is 15.0 Å². The zero-order valence-electron chi connectivity index (χ0n) is 9.47. The number of anilines is 2. The minimum Gasteiger partial charge on any atom is -0.467 e. The SMILES string of the molecule is COc1nc(N)nc(NCCCC(C)O)n1. The van der Waals surface area contributed by atoms with Crippen LogP contribution in [-0.4, -0.2) is 39.8 Å². The van der Waals surface area contributed by atoms with Crippen LogP contribution in [0.25, 0.3) is 0 Å². The summed E-state index contributed by atoms with van der Waals surface area (Å²) >= 11 is 0. The molecule has 0 aromatic carbocycles. The van der Waals surface area contributed by atoms with E-state index in [1.807, 2.05) is 0 Å². The second-order valence-electron chi connectivity index (χ2n) is 3.42. The molecule has 7 nitrogen and oxygen atoms in total. The molecule has 1 unspecified atom stereocenters. The van der Waals surface area contributed by atoms with Gasteiger partial charge >= 0.3 is 6.01 Å². The highest BCUT2D eigenvalue weighted by molar-refractivity contribution is 5.32. The summed E-state index contributed by atoms with van der Waals surface area (Å²) in [5.41, 5.74) is 5.47. The summed E-state index contributed by atoms with van der Waals surface area (Å²) < 4.78 is 4.86. The Morgan fingerprint density at radius 2 is 2.19 bits per heavy atom. The molecule has 0 fully saturated rings. The van der Waals surface area contributed by atoms with Gasteiger partial charge in [0.1, 0.15) is 0 Å². The smallest absolute Gasteiger partial charge is 0.322 e. The molecular weight excluding hydrogens is 210 g/mol.